The van der Waals surface area contributed by atoms with Crippen molar-refractivity contribution in [1.29, 1.82) is 0 Å². The smallest absolute Gasteiger partial charge is 0.0471 e. The van der Waals surface area contributed by atoms with Crippen LogP contribution in [0, 0.1) is 5.92 Å². The molecule has 20 heavy (non-hydrogen) atoms. The molecule has 1 aliphatic carbocycles. The van der Waals surface area contributed by atoms with Crippen molar-refractivity contribution in [3.63, 3.8) is 0 Å². The lowest BCUT2D eigenvalue weighted by molar-refractivity contribution is 0.504. The van der Waals surface area contributed by atoms with Crippen molar-refractivity contribution >= 4 is 17.3 Å². The van der Waals surface area contributed by atoms with Crippen LogP contribution in [0.2, 0.25) is 5.02 Å². The zero-order valence-corrected chi connectivity index (χ0v) is 13.9. The number of anilines is 1. The molecule has 112 valence electrons. The van der Waals surface area contributed by atoms with Crippen molar-refractivity contribution in [1.82, 2.24) is 5.32 Å². The van der Waals surface area contributed by atoms with Gasteiger partial charge in [0.1, 0.15) is 0 Å². The molecule has 2 nitrogen and oxygen atoms in total. The highest BCUT2D eigenvalue weighted by Crippen LogP contribution is 2.27. The van der Waals surface area contributed by atoms with Gasteiger partial charge in [0.05, 0.1) is 0 Å². The number of rotatable bonds is 7. The molecule has 1 N–H and O–H groups in total. The molecular formula is C17H27ClN2. The van der Waals surface area contributed by atoms with Crippen LogP contribution in [-0.2, 0) is 6.54 Å². The Hall–Kier alpha value is -0.730. The maximum atomic E-state index is 6.42. The third-order valence-electron chi connectivity index (χ3n) is 4.08. The molecule has 1 aromatic carbocycles. The van der Waals surface area contributed by atoms with E-state index in [1.807, 2.05) is 0 Å². The predicted octanol–water partition coefficient (Wildman–Crippen LogP) is 4.46. The van der Waals surface area contributed by atoms with Crippen LogP contribution in [0.5, 0.6) is 0 Å². The molecule has 1 unspecified atom stereocenters. The van der Waals surface area contributed by atoms with E-state index in [2.05, 4.69) is 56.2 Å². The third-order valence-corrected chi connectivity index (χ3v) is 4.43. The molecule has 0 heterocycles. The lowest BCUT2D eigenvalue weighted by Crippen LogP contribution is -2.30. The Morgan fingerprint density at radius 3 is 2.55 bits per heavy atom. The van der Waals surface area contributed by atoms with Gasteiger partial charge in [0.15, 0.2) is 0 Å². The van der Waals surface area contributed by atoms with Crippen molar-refractivity contribution in [3.8, 4) is 0 Å². The first kappa shape index (κ1) is 15.7. The Labute approximate surface area is 128 Å². The minimum atomic E-state index is 0.529. The number of nitrogens with zero attached hydrogens (tertiary/aromatic N) is 1. The number of hydrogen-bond donors (Lipinski definition) is 1. The third kappa shape index (κ3) is 4.39. The molecule has 1 aromatic rings. The fraction of sp³-hybridized carbons (Fsp3) is 0.647. The quantitative estimate of drug-likeness (QED) is 0.798. The first-order valence-electron chi connectivity index (χ1n) is 7.72. The SMILES string of the molecule is CC(C)CC(C)N(C)c1ccc(CNC2CC2)c(Cl)c1. The predicted molar refractivity (Wildman–Crippen MR) is 88.6 cm³/mol. The fourth-order valence-electron chi connectivity index (χ4n) is 2.54. The van der Waals surface area contributed by atoms with E-state index in [4.69, 9.17) is 11.6 Å². The maximum Gasteiger partial charge on any atom is 0.0471 e. The van der Waals surface area contributed by atoms with Gasteiger partial charge >= 0.3 is 0 Å². The highest BCUT2D eigenvalue weighted by Gasteiger charge is 2.20. The second-order valence-corrected chi connectivity index (χ2v) is 6.93. The monoisotopic (exact) mass is 294 g/mol. The second-order valence-electron chi connectivity index (χ2n) is 6.52. The molecular weight excluding hydrogens is 268 g/mol. The van der Waals surface area contributed by atoms with Crippen molar-refractivity contribution in [2.24, 2.45) is 5.92 Å². The van der Waals surface area contributed by atoms with E-state index < -0.39 is 0 Å². The molecule has 0 spiro atoms. The summed E-state index contributed by atoms with van der Waals surface area (Å²) in [7, 11) is 2.15. The topological polar surface area (TPSA) is 15.3 Å². The van der Waals surface area contributed by atoms with Gasteiger partial charge in [-0.2, -0.15) is 0 Å². The van der Waals surface area contributed by atoms with Crippen molar-refractivity contribution in [2.45, 2.75) is 58.7 Å². The minimum absolute atomic E-state index is 0.529. The van der Waals surface area contributed by atoms with Crippen LogP contribution in [0.4, 0.5) is 5.69 Å². The number of benzene rings is 1. The van der Waals surface area contributed by atoms with E-state index in [9.17, 15) is 0 Å². The zero-order valence-electron chi connectivity index (χ0n) is 13.1. The Morgan fingerprint density at radius 1 is 1.30 bits per heavy atom. The summed E-state index contributed by atoms with van der Waals surface area (Å²) in [6, 6.07) is 7.70. The fourth-order valence-corrected chi connectivity index (χ4v) is 2.78. The van der Waals surface area contributed by atoms with Crippen LogP contribution in [0.1, 0.15) is 45.6 Å². The van der Waals surface area contributed by atoms with Gasteiger partial charge in [0.25, 0.3) is 0 Å². The summed E-state index contributed by atoms with van der Waals surface area (Å²) in [6.45, 7) is 7.69. The maximum absolute atomic E-state index is 6.42. The molecule has 2 rings (SSSR count). The van der Waals surface area contributed by atoms with Crippen LogP contribution in [-0.4, -0.2) is 19.1 Å². The second kappa shape index (κ2) is 6.82. The van der Waals surface area contributed by atoms with Gasteiger partial charge in [0.2, 0.25) is 0 Å². The summed E-state index contributed by atoms with van der Waals surface area (Å²) in [4.78, 5) is 2.32. The number of hydrogen-bond acceptors (Lipinski definition) is 2. The van der Waals surface area contributed by atoms with Gasteiger partial charge in [-0.25, -0.2) is 0 Å². The van der Waals surface area contributed by atoms with E-state index in [0.717, 1.165) is 17.6 Å². The molecule has 0 aromatic heterocycles. The lowest BCUT2D eigenvalue weighted by atomic mass is 10.0. The Bertz CT molecular complexity index is 441. The van der Waals surface area contributed by atoms with Crippen LogP contribution < -0.4 is 10.2 Å². The van der Waals surface area contributed by atoms with Gasteiger partial charge < -0.3 is 10.2 Å². The molecule has 1 fully saturated rings. The minimum Gasteiger partial charge on any atom is -0.372 e. The Morgan fingerprint density at radius 2 is 2.00 bits per heavy atom. The summed E-state index contributed by atoms with van der Waals surface area (Å²) in [5, 5.41) is 4.39. The molecule has 3 heteroatoms. The normalized spacial score (nSPS) is 16.5. The van der Waals surface area contributed by atoms with E-state index in [-0.39, 0.29) is 0 Å². The van der Waals surface area contributed by atoms with Crippen molar-refractivity contribution in [2.75, 3.05) is 11.9 Å². The standard InChI is InChI=1S/C17H27ClN2/c1-12(2)9-13(3)20(4)16-8-5-14(17(18)10-16)11-19-15-6-7-15/h5,8,10,12-13,15,19H,6-7,9,11H2,1-4H3. The van der Waals surface area contributed by atoms with E-state index in [0.29, 0.717) is 12.0 Å². The van der Waals surface area contributed by atoms with Gasteiger partial charge in [-0.15, -0.1) is 0 Å². The van der Waals surface area contributed by atoms with Crippen LogP contribution >= 0.6 is 11.6 Å². The van der Waals surface area contributed by atoms with Crippen molar-refractivity contribution in [3.05, 3.63) is 28.8 Å². The summed E-state index contributed by atoms with van der Waals surface area (Å²) in [5.41, 5.74) is 2.41. The molecule has 0 saturated heterocycles. The van der Waals surface area contributed by atoms with Gasteiger partial charge in [-0.1, -0.05) is 31.5 Å². The zero-order chi connectivity index (χ0) is 14.7. The number of nitrogens with one attached hydrogen (secondary N) is 1. The van der Waals surface area contributed by atoms with Crippen LogP contribution in [0.15, 0.2) is 18.2 Å². The molecule has 1 aliphatic rings. The Kier molecular flexibility index (Phi) is 5.34. The van der Waals surface area contributed by atoms with Crippen LogP contribution in [0.3, 0.4) is 0 Å². The van der Waals surface area contributed by atoms with Gasteiger partial charge in [0, 0.05) is 36.4 Å². The molecule has 0 bridgehead atoms. The first-order valence-corrected chi connectivity index (χ1v) is 8.09. The van der Waals surface area contributed by atoms with E-state index in [1.165, 1.54) is 30.5 Å². The largest absolute Gasteiger partial charge is 0.372 e. The molecule has 0 amide bonds. The summed E-state index contributed by atoms with van der Waals surface area (Å²) >= 11 is 6.42. The van der Waals surface area contributed by atoms with Crippen LogP contribution in [0.25, 0.3) is 0 Å². The molecule has 1 atom stereocenters. The highest BCUT2D eigenvalue weighted by atomic mass is 35.5. The summed E-state index contributed by atoms with van der Waals surface area (Å²) < 4.78 is 0. The van der Waals surface area contributed by atoms with Crippen molar-refractivity contribution < 1.29 is 0 Å². The summed E-state index contributed by atoms with van der Waals surface area (Å²) in [5.74, 6) is 0.713. The highest BCUT2D eigenvalue weighted by molar-refractivity contribution is 6.31. The molecule has 0 aliphatic heterocycles. The Balaban J connectivity index is 1.99. The van der Waals surface area contributed by atoms with E-state index in [1.54, 1.807) is 0 Å². The average molecular weight is 295 g/mol. The van der Waals surface area contributed by atoms with Gasteiger partial charge in [-0.05, 0) is 49.8 Å². The van der Waals surface area contributed by atoms with E-state index >= 15 is 0 Å². The number of halogens is 1. The molecule has 1 saturated carbocycles. The summed E-state index contributed by atoms with van der Waals surface area (Å²) in [6.07, 6.45) is 3.81. The first-order chi connectivity index (χ1) is 9.47. The lowest BCUT2D eigenvalue weighted by Gasteiger charge is -2.28. The van der Waals surface area contributed by atoms with Gasteiger partial charge in [-0.3, -0.25) is 0 Å². The molecule has 0 radical (unpaired) electrons. The average Bonchev–Trinajstić information content (AvgIpc) is 3.19.